The van der Waals surface area contributed by atoms with E-state index in [2.05, 4.69) is 55.8 Å². The molecule has 4 heteroatoms. The Morgan fingerprint density at radius 3 is 2.14 bits per heavy atom. The minimum atomic E-state index is -0.740. The Morgan fingerprint density at radius 1 is 1.14 bits per heavy atom. The standard InChI is InChI=1S/C17H26N2O2/c1-13-9-14(2)11-15(10-13)17(3,12-16(20)21)19-7-5-18(4)6-8-19/h9-11H,5-8,12H2,1-4H3,(H,20,21). The van der Waals surface area contributed by atoms with Gasteiger partial charge in [0.25, 0.3) is 0 Å². The molecule has 1 unspecified atom stereocenters. The van der Waals surface area contributed by atoms with Crippen LogP contribution in [0.15, 0.2) is 18.2 Å². The van der Waals surface area contributed by atoms with E-state index in [0.29, 0.717) is 0 Å². The van der Waals surface area contributed by atoms with Gasteiger partial charge in [0, 0.05) is 26.2 Å². The molecule has 1 atom stereocenters. The fourth-order valence-corrected chi connectivity index (χ4v) is 3.28. The van der Waals surface area contributed by atoms with Crippen molar-refractivity contribution in [2.45, 2.75) is 32.7 Å². The number of benzene rings is 1. The van der Waals surface area contributed by atoms with Crippen LogP contribution in [0.2, 0.25) is 0 Å². The number of hydrogen-bond donors (Lipinski definition) is 1. The molecule has 2 rings (SSSR count). The van der Waals surface area contributed by atoms with Gasteiger partial charge in [0.05, 0.1) is 12.0 Å². The molecule has 0 aromatic heterocycles. The van der Waals surface area contributed by atoms with Gasteiger partial charge in [-0.25, -0.2) is 0 Å². The molecule has 1 fully saturated rings. The first kappa shape index (κ1) is 16.0. The summed E-state index contributed by atoms with van der Waals surface area (Å²) < 4.78 is 0. The molecule has 1 N–H and O–H groups in total. The highest BCUT2D eigenvalue weighted by molar-refractivity contribution is 5.69. The number of rotatable bonds is 4. The summed E-state index contributed by atoms with van der Waals surface area (Å²) in [7, 11) is 2.11. The highest BCUT2D eigenvalue weighted by atomic mass is 16.4. The minimum Gasteiger partial charge on any atom is -0.481 e. The summed E-state index contributed by atoms with van der Waals surface area (Å²) in [4.78, 5) is 16.0. The molecule has 1 aliphatic rings. The molecular formula is C17H26N2O2. The zero-order valence-corrected chi connectivity index (χ0v) is 13.5. The van der Waals surface area contributed by atoms with Gasteiger partial charge in [-0.1, -0.05) is 29.3 Å². The van der Waals surface area contributed by atoms with E-state index in [1.54, 1.807) is 0 Å². The lowest BCUT2D eigenvalue weighted by Gasteiger charge is -2.45. The van der Waals surface area contributed by atoms with E-state index < -0.39 is 11.5 Å². The lowest BCUT2D eigenvalue weighted by Crippen LogP contribution is -2.54. The SMILES string of the molecule is Cc1cc(C)cc(C(C)(CC(=O)O)N2CCN(C)CC2)c1. The number of likely N-dealkylation sites (N-methyl/N-ethyl adjacent to an activating group) is 1. The number of carboxylic acid groups (broad SMARTS) is 1. The second-order valence-electron chi connectivity index (χ2n) is 6.51. The van der Waals surface area contributed by atoms with Crippen molar-refractivity contribution in [2.24, 2.45) is 0 Å². The van der Waals surface area contributed by atoms with Crippen LogP contribution in [0, 0.1) is 13.8 Å². The first-order valence-corrected chi connectivity index (χ1v) is 7.55. The average Bonchev–Trinajstić information content (AvgIpc) is 2.37. The second kappa shape index (κ2) is 6.16. The first-order chi connectivity index (χ1) is 9.81. The third-order valence-corrected chi connectivity index (χ3v) is 4.54. The van der Waals surface area contributed by atoms with Crippen molar-refractivity contribution in [3.05, 3.63) is 34.9 Å². The smallest absolute Gasteiger partial charge is 0.305 e. The molecule has 116 valence electrons. The number of aryl methyl sites for hydroxylation is 2. The molecule has 0 saturated carbocycles. The van der Waals surface area contributed by atoms with E-state index in [1.165, 1.54) is 11.1 Å². The van der Waals surface area contributed by atoms with E-state index in [-0.39, 0.29) is 6.42 Å². The molecule has 1 aliphatic heterocycles. The van der Waals surface area contributed by atoms with Crippen LogP contribution >= 0.6 is 0 Å². The number of hydrogen-bond acceptors (Lipinski definition) is 3. The van der Waals surface area contributed by atoms with Gasteiger partial charge in [0.2, 0.25) is 0 Å². The van der Waals surface area contributed by atoms with Crippen LogP contribution in [0.25, 0.3) is 0 Å². The van der Waals surface area contributed by atoms with Crippen molar-refractivity contribution in [3.8, 4) is 0 Å². The van der Waals surface area contributed by atoms with Crippen LogP contribution in [0.3, 0.4) is 0 Å². The van der Waals surface area contributed by atoms with E-state index in [9.17, 15) is 9.90 Å². The van der Waals surface area contributed by atoms with Crippen LogP contribution in [-0.2, 0) is 10.3 Å². The molecule has 0 aliphatic carbocycles. The maximum absolute atomic E-state index is 11.4. The number of carbonyl (C=O) groups is 1. The van der Waals surface area contributed by atoms with Gasteiger partial charge in [-0.15, -0.1) is 0 Å². The summed E-state index contributed by atoms with van der Waals surface area (Å²) in [6.45, 7) is 10.0. The predicted molar refractivity (Wildman–Crippen MR) is 84.6 cm³/mol. The van der Waals surface area contributed by atoms with Crippen molar-refractivity contribution in [1.82, 2.24) is 9.80 Å². The van der Waals surface area contributed by atoms with Crippen molar-refractivity contribution in [3.63, 3.8) is 0 Å². The van der Waals surface area contributed by atoms with Crippen LogP contribution in [0.4, 0.5) is 0 Å². The summed E-state index contributed by atoms with van der Waals surface area (Å²) in [5, 5.41) is 9.39. The predicted octanol–water partition coefficient (Wildman–Crippen LogP) is 2.24. The Bertz CT molecular complexity index is 501. The van der Waals surface area contributed by atoms with Gasteiger partial charge in [-0.2, -0.15) is 0 Å². The lowest BCUT2D eigenvalue weighted by atomic mass is 9.84. The van der Waals surface area contributed by atoms with Crippen LogP contribution in [0.1, 0.15) is 30.0 Å². The van der Waals surface area contributed by atoms with Crippen LogP contribution in [0.5, 0.6) is 0 Å². The Hall–Kier alpha value is -1.39. The maximum Gasteiger partial charge on any atom is 0.305 e. The van der Waals surface area contributed by atoms with Crippen molar-refractivity contribution >= 4 is 5.97 Å². The summed E-state index contributed by atoms with van der Waals surface area (Å²) >= 11 is 0. The highest BCUT2D eigenvalue weighted by Crippen LogP contribution is 2.34. The molecule has 0 amide bonds. The Balaban J connectivity index is 2.38. The molecule has 21 heavy (non-hydrogen) atoms. The van der Waals surface area contributed by atoms with Gasteiger partial charge in [-0.3, -0.25) is 9.69 Å². The summed E-state index contributed by atoms with van der Waals surface area (Å²) in [5.41, 5.74) is 3.06. The van der Waals surface area contributed by atoms with Crippen molar-refractivity contribution in [1.29, 1.82) is 0 Å². The number of aliphatic carboxylic acids is 1. The van der Waals surface area contributed by atoms with Crippen LogP contribution < -0.4 is 0 Å². The molecule has 0 radical (unpaired) electrons. The average molecular weight is 290 g/mol. The Morgan fingerprint density at radius 2 is 1.67 bits per heavy atom. The molecule has 1 aromatic carbocycles. The summed E-state index contributed by atoms with van der Waals surface area (Å²) in [5.74, 6) is -0.740. The second-order valence-corrected chi connectivity index (χ2v) is 6.51. The molecule has 1 aromatic rings. The monoisotopic (exact) mass is 290 g/mol. The lowest BCUT2D eigenvalue weighted by molar-refractivity contribution is -0.140. The summed E-state index contributed by atoms with van der Waals surface area (Å²) in [6, 6.07) is 6.40. The molecule has 0 bridgehead atoms. The van der Waals surface area contributed by atoms with Gasteiger partial charge in [0.15, 0.2) is 0 Å². The maximum atomic E-state index is 11.4. The number of carboxylic acids is 1. The molecule has 0 spiro atoms. The van der Waals surface area contributed by atoms with Crippen molar-refractivity contribution < 1.29 is 9.90 Å². The third-order valence-electron chi connectivity index (χ3n) is 4.54. The quantitative estimate of drug-likeness (QED) is 0.923. The van der Waals surface area contributed by atoms with E-state index in [0.717, 1.165) is 31.7 Å². The Kier molecular flexibility index (Phi) is 4.69. The molecular weight excluding hydrogens is 264 g/mol. The van der Waals surface area contributed by atoms with E-state index >= 15 is 0 Å². The first-order valence-electron chi connectivity index (χ1n) is 7.55. The fourth-order valence-electron chi connectivity index (χ4n) is 3.28. The van der Waals surface area contributed by atoms with Crippen LogP contribution in [-0.4, -0.2) is 54.1 Å². The molecule has 1 heterocycles. The van der Waals surface area contributed by atoms with Gasteiger partial charge in [-0.05, 0) is 33.4 Å². The highest BCUT2D eigenvalue weighted by Gasteiger charge is 2.37. The third kappa shape index (κ3) is 3.63. The normalized spacial score (nSPS) is 20.2. The van der Waals surface area contributed by atoms with Crippen molar-refractivity contribution in [2.75, 3.05) is 33.2 Å². The van der Waals surface area contributed by atoms with E-state index in [4.69, 9.17) is 0 Å². The molecule has 1 saturated heterocycles. The minimum absolute atomic E-state index is 0.138. The number of piperazine rings is 1. The summed E-state index contributed by atoms with van der Waals surface area (Å²) in [6.07, 6.45) is 0.138. The zero-order valence-electron chi connectivity index (χ0n) is 13.5. The number of nitrogens with zero attached hydrogens (tertiary/aromatic N) is 2. The van der Waals surface area contributed by atoms with Gasteiger partial charge >= 0.3 is 5.97 Å². The fraction of sp³-hybridized carbons (Fsp3) is 0.588. The van der Waals surface area contributed by atoms with E-state index in [1.807, 2.05) is 0 Å². The Labute approximate surface area is 127 Å². The topological polar surface area (TPSA) is 43.8 Å². The van der Waals surface area contributed by atoms with Gasteiger partial charge < -0.3 is 10.0 Å². The van der Waals surface area contributed by atoms with Gasteiger partial charge in [0.1, 0.15) is 0 Å². The largest absolute Gasteiger partial charge is 0.481 e. The molecule has 4 nitrogen and oxygen atoms in total. The zero-order chi connectivity index (χ0) is 15.6.